The van der Waals surface area contributed by atoms with Crippen molar-refractivity contribution in [2.45, 2.75) is 13.5 Å². The van der Waals surface area contributed by atoms with Crippen molar-refractivity contribution < 1.29 is 92.4 Å². The third-order valence-electron chi connectivity index (χ3n) is 8.95. The Balaban J connectivity index is 0.000000395. The third-order valence-corrected chi connectivity index (χ3v) is 8.95. The normalized spacial score (nSPS) is 11.5. The van der Waals surface area contributed by atoms with Crippen LogP contribution in [0.5, 0.6) is 0 Å². The van der Waals surface area contributed by atoms with Gasteiger partial charge in [-0.15, -0.1) is 21.9 Å². The summed E-state index contributed by atoms with van der Waals surface area (Å²) >= 11 is 0. The van der Waals surface area contributed by atoms with E-state index < -0.39 is 144 Å². The van der Waals surface area contributed by atoms with Crippen molar-refractivity contribution in [3.63, 3.8) is 0 Å². The summed E-state index contributed by atoms with van der Waals surface area (Å²) in [5, 5.41) is 0. The standard InChI is InChI=1S/C24BF20.C12H13N2/c26-5-1(6(27)14(35)21(42)13(5)34)25(2-7(28)15(36)22(43)16(37)8(2)29,3-9(30)17(38)23(44)18(39)10(3)31)4-11(32)19(40)24(45)20(41)12(4)33;1-11-9-13-7-8-14(11)10-12-5-3-2-4-6-12/h;2-9H,10H2,1H3/q-1;+1. The van der Waals surface area contributed by atoms with Crippen LogP contribution in [0.1, 0.15) is 11.3 Å². The van der Waals surface area contributed by atoms with Gasteiger partial charge in [-0.05, 0) is 0 Å². The van der Waals surface area contributed by atoms with E-state index in [1.807, 2.05) is 24.7 Å². The molecule has 6 aromatic rings. The molecule has 0 atom stereocenters. The summed E-state index contributed by atoms with van der Waals surface area (Å²) in [6.45, 7) is 2.98. The van der Waals surface area contributed by atoms with Gasteiger partial charge in [-0.2, -0.15) is 4.57 Å². The number of hydrogen-bond acceptors (Lipinski definition) is 1. The summed E-state index contributed by atoms with van der Waals surface area (Å²) in [7, 11) is 0. The number of aromatic nitrogens is 2. The third kappa shape index (κ3) is 6.88. The molecule has 23 heteroatoms. The molecule has 0 aliphatic rings. The molecule has 5 aromatic carbocycles. The predicted molar refractivity (Wildman–Crippen MR) is 164 cm³/mol. The molecule has 6 rings (SSSR count). The zero-order valence-electron chi connectivity index (χ0n) is 28.4. The van der Waals surface area contributed by atoms with Gasteiger partial charge >= 0.3 is 0 Å². The predicted octanol–water partition coefficient (Wildman–Crippen LogP) is 7.57. The van der Waals surface area contributed by atoms with Gasteiger partial charge in [-0.1, -0.05) is 30.3 Å². The van der Waals surface area contributed by atoms with Crippen LogP contribution in [0.15, 0.2) is 48.9 Å². The maximum atomic E-state index is 15.4. The van der Waals surface area contributed by atoms with Gasteiger partial charge in [-0.3, -0.25) is 4.98 Å². The van der Waals surface area contributed by atoms with Crippen molar-refractivity contribution in [2.24, 2.45) is 0 Å². The van der Waals surface area contributed by atoms with E-state index >= 15 is 35.1 Å². The topological polar surface area (TPSA) is 16.8 Å². The lowest BCUT2D eigenvalue weighted by atomic mass is 9.12. The molecule has 0 spiro atoms. The lowest BCUT2D eigenvalue weighted by Crippen LogP contribution is -2.81. The number of rotatable bonds is 6. The minimum atomic E-state index is -7.22. The van der Waals surface area contributed by atoms with Gasteiger partial charge in [0, 0.05) is 12.5 Å². The summed E-state index contributed by atoms with van der Waals surface area (Å²) in [6, 6.07) is 10.4. The first kappa shape index (κ1) is 44.0. The zero-order chi connectivity index (χ0) is 44.2. The second kappa shape index (κ2) is 16.2. The molecule has 59 heavy (non-hydrogen) atoms. The number of hydrogen-bond donors (Lipinski definition) is 0. The Hall–Kier alpha value is -6.16. The first-order valence-electron chi connectivity index (χ1n) is 15.6. The van der Waals surface area contributed by atoms with E-state index in [1.165, 1.54) is 11.3 Å². The fraction of sp³-hybridized carbons (Fsp3) is 0.0556. The highest BCUT2D eigenvalue weighted by atomic mass is 19.2. The minimum absolute atomic E-state index is 0.912. The monoisotopic (exact) mass is 864 g/mol. The molecule has 310 valence electrons. The van der Waals surface area contributed by atoms with Gasteiger partial charge in [0.05, 0.1) is 12.4 Å². The summed E-state index contributed by atoms with van der Waals surface area (Å²) in [5.74, 6) is -71.4. The summed E-state index contributed by atoms with van der Waals surface area (Å²) in [4.78, 5) is 4.07. The molecule has 0 saturated heterocycles. The lowest BCUT2D eigenvalue weighted by Gasteiger charge is -2.44. The van der Waals surface area contributed by atoms with Gasteiger partial charge < -0.3 is 0 Å². The van der Waals surface area contributed by atoms with Crippen molar-refractivity contribution >= 4 is 28.0 Å². The van der Waals surface area contributed by atoms with E-state index in [0.717, 1.165) is 6.54 Å². The molecular weight excluding hydrogens is 851 g/mol. The molecule has 0 radical (unpaired) electrons. The van der Waals surface area contributed by atoms with Crippen LogP contribution in [0.3, 0.4) is 0 Å². The highest BCUT2D eigenvalue weighted by Gasteiger charge is 2.52. The second-order valence-corrected chi connectivity index (χ2v) is 12.1. The van der Waals surface area contributed by atoms with E-state index in [0.29, 0.717) is 0 Å². The fourth-order valence-corrected chi connectivity index (χ4v) is 6.29. The molecule has 0 saturated carbocycles. The van der Waals surface area contributed by atoms with Gasteiger partial charge in [0.25, 0.3) is 0 Å². The van der Waals surface area contributed by atoms with E-state index in [4.69, 9.17) is 0 Å². The highest BCUT2D eigenvalue weighted by molar-refractivity contribution is 7.20. The van der Waals surface area contributed by atoms with Gasteiger partial charge in [0.2, 0.25) is 0 Å². The number of halogens is 20. The molecule has 0 fully saturated rings. The summed E-state index contributed by atoms with van der Waals surface area (Å²) in [6.07, 6.45) is -1.52. The molecule has 0 bridgehead atoms. The van der Waals surface area contributed by atoms with Crippen LogP contribution < -0.4 is 26.4 Å². The Bertz CT molecular complexity index is 2270. The molecule has 0 aliphatic heterocycles. The number of aryl methyl sites for hydroxylation is 1. The van der Waals surface area contributed by atoms with Crippen molar-refractivity contribution in [1.82, 2.24) is 4.98 Å². The second-order valence-electron chi connectivity index (χ2n) is 12.1. The Morgan fingerprint density at radius 3 is 0.898 bits per heavy atom. The highest BCUT2D eigenvalue weighted by Crippen LogP contribution is 2.30. The Labute approximate surface area is 315 Å². The van der Waals surface area contributed by atoms with Crippen molar-refractivity contribution in [2.75, 3.05) is 0 Å². The maximum Gasteiger partial charge on any atom is 0.200 e. The van der Waals surface area contributed by atoms with E-state index in [9.17, 15) is 52.7 Å². The van der Waals surface area contributed by atoms with Crippen LogP contribution in [0.2, 0.25) is 0 Å². The molecule has 1 aromatic heterocycles. The van der Waals surface area contributed by atoms with E-state index in [2.05, 4.69) is 40.7 Å². The molecule has 0 amide bonds. The molecular formula is C36H13BF20N2. The molecule has 0 unspecified atom stereocenters. The molecule has 0 N–H and O–H groups in total. The van der Waals surface area contributed by atoms with Crippen LogP contribution in [0.25, 0.3) is 0 Å². The van der Waals surface area contributed by atoms with E-state index in [-0.39, 0.29) is 0 Å². The van der Waals surface area contributed by atoms with Gasteiger partial charge in [-0.25, -0.2) is 87.8 Å². The van der Waals surface area contributed by atoms with Crippen molar-refractivity contribution in [1.29, 1.82) is 0 Å². The maximum absolute atomic E-state index is 15.4. The van der Waals surface area contributed by atoms with Crippen LogP contribution >= 0.6 is 0 Å². The average molecular weight is 864 g/mol. The first-order valence-corrected chi connectivity index (χ1v) is 15.6. The lowest BCUT2D eigenvalue weighted by molar-refractivity contribution is -0.694. The molecule has 0 aliphatic carbocycles. The van der Waals surface area contributed by atoms with Crippen molar-refractivity contribution in [3.05, 3.63) is 177 Å². The Morgan fingerprint density at radius 1 is 0.390 bits per heavy atom. The quantitative estimate of drug-likeness (QED) is 0.0556. The van der Waals surface area contributed by atoms with Gasteiger partial charge in [0.15, 0.2) is 88.2 Å². The summed E-state index contributed by atoms with van der Waals surface area (Å²) in [5.41, 5.74) is -11.8. The van der Waals surface area contributed by atoms with Gasteiger partial charge in [0.1, 0.15) is 52.7 Å². The molecule has 1 heterocycles. The fourth-order valence-electron chi connectivity index (χ4n) is 6.29. The first-order chi connectivity index (χ1) is 27.6. The minimum Gasteiger partial charge on any atom is -0.252 e. The Kier molecular flexibility index (Phi) is 12.1. The largest absolute Gasteiger partial charge is 0.252 e. The summed E-state index contributed by atoms with van der Waals surface area (Å²) < 4.78 is 296. The number of nitrogens with zero attached hydrogens (tertiary/aromatic N) is 2. The Morgan fingerprint density at radius 2 is 0.644 bits per heavy atom. The van der Waals surface area contributed by atoms with Crippen molar-refractivity contribution in [3.8, 4) is 0 Å². The van der Waals surface area contributed by atoms with E-state index in [1.54, 1.807) is 0 Å². The average Bonchev–Trinajstić information content (AvgIpc) is 3.22. The van der Waals surface area contributed by atoms with Crippen LogP contribution in [-0.4, -0.2) is 11.1 Å². The SMILES string of the molecule is Cc1cncc[n+]1Cc1ccccc1.Fc1c(F)c(F)c([B-](c2c(F)c(F)c(F)c(F)c2F)(c2c(F)c(F)c(F)c(F)c2F)c2c(F)c(F)c(F)c(F)c2F)c(F)c1F. The zero-order valence-corrected chi connectivity index (χ0v) is 28.4. The number of benzene rings is 5. The molecule has 2 nitrogen and oxygen atoms in total. The smallest absolute Gasteiger partial charge is 0.200 e. The van der Waals surface area contributed by atoms with Crippen LogP contribution in [0.4, 0.5) is 87.8 Å². The van der Waals surface area contributed by atoms with Crippen LogP contribution in [0, 0.1) is 123 Å². The van der Waals surface area contributed by atoms with Crippen LogP contribution in [-0.2, 0) is 6.54 Å².